The van der Waals surface area contributed by atoms with Crippen LogP contribution in [0, 0.1) is 0 Å². The summed E-state index contributed by atoms with van der Waals surface area (Å²) in [6.07, 6.45) is 0. The lowest BCUT2D eigenvalue weighted by molar-refractivity contribution is 0.254. The van der Waals surface area contributed by atoms with Gasteiger partial charge >= 0.3 is 0 Å². The molecule has 0 aliphatic heterocycles. The Morgan fingerprint density at radius 2 is 1.43 bits per heavy atom. The van der Waals surface area contributed by atoms with Crippen LogP contribution >= 0.6 is 41.3 Å². The van der Waals surface area contributed by atoms with Crippen molar-refractivity contribution < 1.29 is 4.74 Å². The highest BCUT2D eigenvalue weighted by Gasteiger charge is 1.54. The Bertz CT molecular complexity index is 14.9. The monoisotopic (exact) mass is 182 g/mol. The molecule has 0 aliphatic carbocycles. The van der Waals surface area contributed by atoms with E-state index in [2.05, 4.69) is 4.74 Å². The maximum Gasteiger partial charge on any atom is 0.120 e. The normalized spacial score (nSPS) is 4.29. The molecule has 0 aromatic carbocycles. The van der Waals surface area contributed by atoms with E-state index in [1.54, 1.807) is 7.11 Å². The van der Waals surface area contributed by atoms with Gasteiger partial charge < -0.3 is 4.74 Å². The summed E-state index contributed by atoms with van der Waals surface area (Å²) in [4.78, 5) is 0. The largest absolute Gasteiger partial charge is 0.369 e. The highest BCUT2D eigenvalue weighted by Crippen LogP contribution is 1.66. The molecular weight excluding hydrogens is 168 g/mol. The number of methoxy groups -OCH3 is 1. The van der Waals surface area contributed by atoms with Crippen LogP contribution in [0.2, 0.25) is 0 Å². The molecule has 0 saturated heterocycles. The molecule has 0 saturated carbocycles. The molecule has 1 nitrogen and oxygen atoms in total. The number of rotatable bonds is 1. The Morgan fingerprint density at radius 3 is 1.43 bits per heavy atom. The molecule has 7 heavy (non-hydrogen) atoms. The first-order valence-electron chi connectivity index (χ1n) is 0.964. The summed E-state index contributed by atoms with van der Waals surface area (Å²) in [5.41, 5.74) is 0. The second kappa shape index (κ2) is 25.7. The van der Waals surface area contributed by atoms with Gasteiger partial charge in [-0.05, 0) is 0 Å². The Morgan fingerprint density at radius 1 is 1.29 bits per heavy atom. The zero-order valence-corrected chi connectivity index (χ0v) is 9.61. The summed E-state index contributed by atoms with van der Waals surface area (Å²) in [5, 5.41) is 0. The Kier molecular flexibility index (Phi) is 86.6. The van der Waals surface area contributed by atoms with E-state index in [-0.39, 0.29) is 29.7 Å². The second-order valence-corrected chi connectivity index (χ2v) is 0.616. The number of halogens is 1. The molecular formula is C2H14ClOP3. The number of ether oxygens (including phenoxy) is 1. The SMILES string of the molecule is COCCl.P.P.P. The minimum absolute atomic E-state index is 0. The number of hydrogen-bond acceptors (Lipinski definition) is 1. The molecule has 0 aliphatic rings. The van der Waals surface area contributed by atoms with E-state index in [1.807, 2.05) is 0 Å². The van der Waals surface area contributed by atoms with Crippen molar-refractivity contribution in [1.82, 2.24) is 0 Å². The third kappa shape index (κ3) is 35.9. The topological polar surface area (TPSA) is 9.23 Å². The van der Waals surface area contributed by atoms with Gasteiger partial charge in [0.1, 0.15) is 6.07 Å². The van der Waals surface area contributed by atoms with Gasteiger partial charge in [-0.3, -0.25) is 0 Å². The van der Waals surface area contributed by atoms with Gasteiger partial charge in [0, 0.05) is 7.11 Å². The Labute approximate surface area is 59.8 Å². The third-order valence-electron chi connectivity index (χ3n) is 0.109. The first-order chi connectivity index (χ1) is 1.91. The molecule has 3 unspecified atom stereocenters. The van der Waals surface area contributed by atoms with Gasteiger partial charge in [0.15, 0.2) is 0 Å². The van der Waals surface area contributed by atoms with Crippen molar-refractivity contribution in [1.29, 1.82) is 0 Å². The molecule has 5 heteroatoms. The van der Waals surface area contributed by atoms with Crippen LogP contribution in [0.4, 0.5) is 0 Å². The minimum atomic E-state index is 0. The summed E-state index contributed by atoms with van der Waals surface area (Å²) in [6, 6.07) is 0.292. The van der Waals surface area contributed by atoms with Crippen molar-refractivity contribution in [2.24, 2.45) is 0 Å². The zero-order valence-electron chi connectivity index (χ0n) is 4.61. The molecule has 0 amide bonds. The van der Waals surface area contributed by atoms with Gasteiger partial charge in [0.25, 0.3) is 0 Å². The van der Waals surface area contributed by atoms with Crippen LogP contribution in [-0.2, 0) is 4.74 Å². The molecule has 0 rings (SSSR count). The lowest BCUT2D eigenvalue weighted by Crippen LogP contribution is -1.68. The van der Waals surface area contributed by atoms with Crippen LogP contribution in [0.3, 0.4) is 0 Å². The highest BCUT2D eigenvalue weighted by atomic mass is 35.5. The molecule has 0 radical (unpaired) electrons. The molecule has 0 fully saturated rings. The maximum absolute atomic E-state index is 4.96. The lowest BCUT2D eigenvalue weighted by Gasteiger charge is -1.74. The van der Waals surface area contributed by atoms with Crippen molar-refractivity contribution in [2.45, 2.75) is 0 Å². The molecule has 0 N–H and O–H groups in total. The first-order valence-corrected chi connectivity index (χ1v) is 1.50. The fourth-order valence-electron chi connectivity index (χ4n) is 0. The first kappa shape index (κ1) is 23.6. The predicted molar refractivity (Wildman–Crippen MR) is 51.0 cm³/mol. The lowest BCUT2D eigenvalue weighted by atomic mass is 11.5. The van der Waals surface area contributed by atoms with Crippen LogP contribution in [-0.4, -0.2) is 13.2 Å². The third-order valence-corrected chi connectivity index (χ3v) is 0.327. The van der Waals surface area contributed by atoms with E-state index >= 15 is 0 Å². The molecule has 50 valence electrons. The van der Waals surface area contributed by atoms with Crippen molar-refractivity contribution in [3.05, 3.63) is 0 Å². The minimum Gasteiger partial charge on any atom is -0.369 e. The molecule has 3 atom stereocenters. The van der Waals surface area contributed by atoms with Gasteiger partial charge in [-0.2, -0.15) is 29.7 Å². The molecule has 0 aromatic rings. The molecule has 0 heterocycles. The Hall–Kier alpha value is 1.54. The Balaban J connectivity index is -0.0000000150. The van der Waals surface area contributed by atoms with E-state index in [9.17, 15) is 0 Å². The van der Waals surface area contributed by atoms with Gasteiger partial charge in [-0.25, -0.2) is 0 Å². The van der Waals surface area contributed by atoms with E-state index in [4.69, 9.17) is 11.6 Å². The van der Waals surface area contributed by atoms with Gasteiger partial charge in [0.05, 0.1) is 0 Å². The van der Waals surface area contributed by atoms with Crippen LogP contribution in [0.15, 0.2) is 0 Å². The summed E-state index contributed by atoms with van der Waals surface area (Å²) in [7, 11) is 1.55. The van der Waals surface area contributed by atoms with Crippen LogP contribution in [0.1, 0.15) is 0 Å². The van der Waals surface area contributed by atoms with Crippen LogP contribution in [0.5, 0.6) is 0 Å². The fraction of sp³-hybridized carbons (Fsp3) is 1.00. The standard InChI is InChI=1S/C2H5ClO.3H3P/c1-4-2-3;;;/h2H2,1H3;3*1H3. The van der Waals surface area contributed by atoms with Gasteiger partial charge in [0.2, 0.25) is 0 Å². The predicted octanol–water partition coefficient (Wildman–Crippen LogP) is 1.00. The van der Waals surface area contributed by atoms with E-state index in [1.165, 1.54) is 0 Å². The molecule has 0 aromatic heterocycles. The number of alkyl halides is 1. The van der Waals surface area contributed by atoms with Gasteiger partial charge in [-0.1, -0.05) is 11.6 Å². The average molecular weight is 183 g/mol. The fourth-order valence-corrected chi connectivity index (χ4v) is 0. The summed E-state index contributed by atoms with van der Waals surface area (Å²) in [6.45, 7) is 0. The second-order valence-electron chi connectivity index (χ2n) is 0.398. The smallest absolute Gasteiger partial charge is 0.120 e. The zero-order chi connectivity index (χ0) is 3.41. The van der Waals surface area contributed by atoms with Crippen molar-refractivity contribution in [2.75, 3.05) is 13.2 Å². The van der Waals surface area contributed by atoms with E-state index < -0.39 is 0 Å². The average Bonchev–Trinajstić information content (AvgIpc) is 1.37. The van der Waals surface area contributed by atoms with Crippen LogP contribution < -0.4 is 0 Å². The maximum atomic E-state index is 4.96. The number of hydrogen-bond donors (Lipinski definition) is 0. The van der Waals surface area contributed by atoms with Crippen molar-refractivity contribution in [3.63, 3.8) is 0 Å². The summed E-state index contributed by atoms with van der Waals surface area (Å²) in [5.74, 6) is 0. The van der Waals surface area contributed by atoms with E-state index in [0.717, 1.165) is 0 Å². The molecule has 0 spiro atoms. The quantitative estimate of drug-likeness (QED) is 0.434. The highest BCUT2D eigenvalue weighted by molar-refractivity contribution is 6.92. The van der Waals surface area contributed by atoms with Gasteiger partial charge in [-0.15, -0.1) is 0 Å². The summed E-state index contributed by atoms with van der Waals surface area (Å²) >= 11 is 4.96. The van der Waals surface area contributed by atoms with Crippen molar-refractivity contribution >= 4 is 41.3 Å². The molecule has 0 bridgehead atoms. The van der Waals surface area contributed by atoms with E-state index in [0.29, 0.717) is 6.07 Å². The summed E-state index contributed by atoms with van der Waals surface area (Å²) < 4.78 is 4.31. The van der Waals surface area contributed by atoms with Crippen LogP contribution in [0.25, 0.3) is 0 Å². The van der Waals surface area contributed by atoms with Crippen molar-refractivity contribution in [3.8, 4) is 0 Å².